The average molecular weight is 696 g/mol. The van der Waals surface area contributed by atoms with Gasteiger partial charge < -0.3 is 39.4 Å². The third-order valence-electron chi connectivity index (χ3n) is 9.43. The molecule has 4 aliphatic rings. The highest BCUT2D eigenvalue weighted by molar-refractivity contribution is 7.46. The quantitative estimate of drug-likeness (QED) is 0.381. The Kier molecular flexibility index (Phi) is 9.51. The monoisotopic (exact) mass is 695 g/mol. The zero-order chi connectivity index (χ0) is 33.6. The Hall–Kier alpha value is -3.30. The molecule has 6 rings (SSSR count). The van der Waals surface area contributed by atoms with Crippen LogP contribution in [0.25, 0.3) is 10.1 Å². The molecule has 254 valence electrons. The van der Waals surface area contributed by atoms with Crippen molar-refractivity contribution in [1.82, 2.24) is 24.9 Å². The largest absolute Gasteiger partial charge is 0.378 e. The summed E-state index contributed by atoms with van der Waals surface area (Å²) in [5.41, 5.74) is -4.46. The number of carbonyl (C=O) groups is 5. The van der Waals surface area contributed by atoms with Crippen LogP contribution in [-0.2, 0) is 29.6 Å². The van der Waals surface area contributed by atoms with E-state index in [2.05, 4.69) is 5.32 Å². The Bertz CT molecular complexity index is 1580. The Labute approximate surface area is 274 Å². The number of fused-ring (bicyclic) bond motifs is 2. The van der Waals surface area contributed by atoms with Gasteiger partial charge >= 0.3 is 5.66 Å². The van der Waals surface area contributed by atoms with Gasteiger partial charge in [0.05, 0.1) is 24.0 Å². The summed E-state index contributed by atoms with van der Waals surface area (Å²) >= 11 is 1.01. The lowest BCUT2D eigenvalue weighted by Crippen LogP contribution is -2.64. The van der Waals surface area contributed by atoms with Crippen molar-refractivity contribution in [3.63, 3.8) is 0 Å². The van der Waals surface area contributed by atoms with Crippen molar-refractivity contribution in [2.45, 2.75) is 50.0 Å². The summed E-state index contributed by atoms with van der Waals surface area (Å²) in [5, 5.41) is 3.01. The van der Waals surface area contributed by atoms with E-state index in [1.165, 1.54) is 24.0 Å². The van der Waals surface area contributed by atoms with Gasteiger partial charge in [-0.2, -0.15) is 8.78 Å². The highest BCUT2D eigenvalue weighted by Crippen LogP contribution is 2.53. The van der Waals surface area contributed by atoms with E-state index in [-0.39, 0.29) is 59.6 Å². The zero-order valence-corrected chi connectivity index (χ0v) is 27.4. The highest BCUT2D eigenvalue weighted by atomic mass is 32.1. The van der Waals surface area contributed by atoms with Crippen LogP contribution in [0, 0.1) is 5.92 Å². The molecule has 4 saturated heterocycles. The second-order valence-corrected chi connectivity index (χ2v) is 14.6. The van der Waals surface area contributed by atoms with Gasteiger partial charge in [-0.1, -0.05) is 6.07 Å². The van der Waals surface area contributed by atoms with Crippen LogP contribution in [0.1, 0.15) is 41.4 Å². The van der Waals surface area contributed by atoms with Gasteiger partial charge in [-0.15, -0.1) is 11.3 Å². The first-order chi connectivity index (χ1) is 22.3. The van der Waals surface area contributed by atoms with E-state index in [0.29, 0.717) is 56.8 Å². The first-order valence-electron chi connectivity index (χ1n) is 15.5. The van der Waals surface area contributed by atoms with Gasteiger partial charge in [0.2, 0.25) is 32.0 Å². The molecule has 13 nitrogen and oxygen atoms in total. The fourth-order valence-electron chi connectivity index (χ4n) is 6.76. The number of thiophene rings is 1. The molecule has 1 aromatic carbocycles. The van der Waals surface area contributed by atoms with Gasteiger partial charge in [0.15, 0.2) is 0 Å². The molecule has 3 N–H and O–H groups in total. The highest BCUT2D eigenvalue weighted by Gasteiger charge is 2.49. The fraction of sp³-hybridized carbons (Fsp3) is 0.567. The van der Waals surface area contributed by atoms with Gasteiger partial charge in [0, 0.05) is 62.5 Å². The summed E-state index contributed by atoms with van der Waals surface area (Å²) in [7, 11) is -3.57. The molecule has 0 spiro atoms. The number of carbonyl (C=O) groups excluding carboxylic acids is 5. The standard InChI is InChI=1S/C30H36F2N5O8PS/c1-17(38)35-7-6-21-3-4-23(29(42)36-14-19(15-36)27(40)34-8-10-45-11-9-34)37(21)28(41)22(16-35)33-26(39)25-13-18-12-20(2-5-24(18)47-25)30(31,32)46(43)44/h2,5,12-13,19,21-23,43-44H,3-4,6-11,14-16H2,1H3,(H,33,39)/t21-,22+,23+/m1/s1. The van der Waals surface area contributed by atoms with Gasteiger partial charge in [-0.05, 0) is 42.8 Å². The van der Waals surface area contributed by atoms with Crippen LogP contribution in [0.5, 0.6) is 0 Å². The molecule has 0 aliphatic carbocycles. The Balaban J connectivity index is 1.18. The lowest BCUT2D eigenvalue weighted by molar-refractivity contribution is -0.157. The Morgan fingerprint density at radius 3 is 2.36 bits per heavy atom. The number of hydrogen-bond acceptors (Lipinski definition) is 9. The third-order valence-corrected chi connectivity index (χ3v) is 11.3. The normalized spacial score (nSPS) is 24.2. The molecular formula is C30H36F2N5O8PS. The van der Waals surface area contributed by atoms with Crippen LogP contribution in [0.2, 0.25) is 0 Å². The molecule has 0 saturated carbocycles. The van der Waals surface area contributed by atoms with Crippen molar-refractivity contribution in [3.05, 3.63) is 34.7 Å². The number of nitrogens with one attached hydrogen (secondary N) is 1. The van der Waals surface area contributed by atoms with E-state index < -0.39 is 43.5 Å². The number of likely N-dealkylation sites (tertiary alicyclic amines) is 1. The Morgan fingerprint density at radius 1 is 0.957 bits per heavy atom. The average Bonchev–Trinajstić information content (AvgIpc) is 3.64. The summed E-state index contributed by atoms with van der Waals surface area (Å²) in [6, 6.07) is 2.63. The SMILES string of the molecule is CC(=O)N1CC[C@H]2CC[C@@H](C(=O)N3CC(C(=O)N4CCOCC4)C3)N2C(=O)[C@@H](NC(=O)c2cc3cc(C(F)(F)P(O)O)ccc3s2)C1. The molecule has 3 atom stereocenters. The maximum absolute atomic E-state index is 14.2. The van der Waals surface area contributed by atoms with E-state index >= 15 is 0 Å². The minimum atomic E-state index is -3.86. The predicted molar refractivity (Wildman–Crippen MR) is 166 cm³/mol. The number of halogens is 2. The number of rotatable bonds is 6. The van der Waals surface area contributed by atoms with Crippen molar-refractivity contribution in [1.29, 1.82) is 0 Å². The van der Waals surface area contributed by atoms with Crippen molar-refractivity contribution in [2.24, 2.45) is 5.92 Å². The van der Waals surface area contributed by atoms with E-state index in [4.69, 9.17) is 14.5 Å². The summed E-state index contributed by atoms with van der Waals surface area (Å²) in [6.45, 7) is 4.16. The molecule has 0 bridgehead atoms. The van der Waals surface area contributed by atoms with E-state index in [9.17, 15) is 32.8 Å². The number of benzene rings is 1. The maximum atomic E-state index is 14.2. The zero-order valence-electron chi connectivity index (χ0n) is 25.6. The molecule has 4 aliphatic heterocycles. The predicted octanol–water partition coefficient (Wildman–Crippen LogP) is 1.27. The van der Waals surface area contributed by atoms with Gasteiger partial charge in [-0.25, -0.2) is 0 Å². The fourth-order valence-corrected chi connectivity index (χ4v) is 8.08. The molecule has 47 heavy (non-hydrogen) atoms. The van der Waals surface area contributed by atoms with Gasteiger partial charge in [0.1, 0.15) is 12.1 Å². The molecule has 0 radical (unpaired) electrons. The second kappa shape index (κ2) is 13.3. The van der Waals surface area contributed by atoms with Gasteiger partial charge in [-0.3, -0.25) is 24.0 Å². The van der Waals surface area contributed by atoms with Crippen LogP contribution in [0.4, 0.5) is 8.78 Å². The van der Waals surface area contributed by atoms with Crippen molar-refractivity contribution < 1.29 is 47.3 Å². The topological polar surface area (TPSA) is 160 Å². The number of hydrogen-bond donors (Lipinski definition) is 3. The third kappa shape index (κ3) is 6.58. The lowest BCUT2D eigenvalue weighted by Gasteiger charge is -2.44. The van der Waals surface area contributed by atoms with Gasteiger partial charge in [0.25, 0.3) is 5.91 Å². The molecule has 1 aromatic heterocycles. The number of nitrogens with zero attached hydrogens (tertiary/aromatic N) is 4. The molecule has 17 heteroatoms. The summed E-state index contributed by atoms with van der Waals surface area (Å²) in [5.74, 6) is -1.96. The second-order valence-electron chi connectivity index (χ2n) is 12.3. The minimum Gasteiger partial charge on any atom is -0.378 e. The van der Waals surface area contributed by atoms with E-state index in [1.54, 1.807) is 14.7 Å². The van der Waals surface area contributed by atoms with Crippen LogP contribution in [-0.4, -0.2) is 130 Å². The molecule has 4 fully saturated rings. The van der Waals surface area contributed by atoms with E-state index in [0.717, 1.165) is 23.5 Å². The van der Waals surface area contributed by atoms with E-state index in [1.807, 2.05) is 0 Å². The number of amides is 5. The molecule has 5 amide bonds. The van der Waals surface area contributed by atoms with Crippen molar-refractivity contribution in [2.75, 3.05) is 52.5 Å². The smallest absolute Gasteiger partial charge is 0.339 e. The summed E-state index contributed by atoms with van der Waals surface area (Å²) in [6.07, 6.45) is 1.44. The van der Waals surface area contributed by atoms with Crippen LogP contribution in [0.15, 0.2) is 24.3 Å². The first kappa shape index (κ1) is 33.6. The van der Waals surface area contributed by atoms with Crippen molar-refractivity contribution >= 4 is 59.3 Å². The maximum Gasteiger partial charge on any atom is 0.339 e. The minimum absolute atomic E-state index is 0.00545. The molecular weight excluding hydrogens is 659 g/mol. The molecule has 2 aromatic rings. The number of morpholine rings is 1. The number of ether oxygens (including phenoxy) is 1. The summed E-state index contributed by atoms with van der Waals surface area (Å²) < 4.78 is 34.3. The molecule has 0 unspecified atom stereocenters. The Morgan fingerprint density at radius 2 is 1.68 bits per heavy atom. The van der Waals surface area contributed by atoms with Crippen LogP contribution < -0.4 is 5.32 Å². The van der Waals surface area contributed by atoms with Crippen LogP contribution >= 0.6 is 19.7 Å². The first-order valence-corrected chi connectivity index (χ1v) is 17.5. The van der Waals surface area contributed by atoms with Crippen molar-refractivity contribution in [3.8, 4) is 0 Å². The lowest BCUT2D eigenvalue weighted by atomic mass is 9.96. The number of alkyl halides is 2. The summed E-state index contributed by atoms with van der Waals surface area (Å²) in [4.78, 5) is 91.5. The molecule has 5 heterocycles. The van der Waals surface area contributed by atoms with Crippen LogP contribution in [0.3, 0.4) is 0 Å².